The van der Waals surface area contributed by atoms with Gasteiger partial charge in [-0.05, 0) is 12.0 Å². The van der Waals surface area contributed by atoms with E-state index in [1.807, 2.05) is 0 Å². The topological polar surface area (TPSA) is 32.7 Å². The summed E-state index contributed by atoms with van der Waals surface area (Å²) in [7, 11) is 0. The third-order valence-electron chi connectivity index (χ3n) is 4.18. The molecule has 3 heteroatoms. The van der Waals surface area contributed by atoms with Crippen molar-refractivity contribution in [1.29, 1.82) is 0 Å². The number of hydrogen-bond acceptors (Lipinski definition) is 3. The van der Waals surface area contributed by atoms with Gasteiger partial charge in [-0.15, -0.1) is 0 Å². The monoisotopic (exact) mass is 217 g/mol. The molecule has 0 aliphatic carbocycles. The van der Waals surface area contributed by atoms with Gasteiger partial charge in [0, 0.05) is 24.2 Å². The van der Waals surface area contributed by atoms with Gasteiger partial charge in [-0.3, -0.25) is 0 Å². The second kappa shape index (κ2) is 2.99. The van der Waals surface area contributed by atoms with Gasteiger partial charge >= 0.3 is 0 Å². The van der Waals surface area contributed by atoms with Crippen LogP contribution in [-0.4, -0.2) is 30.4 Å². The van der Waals surface area contributed by atoms with E-state index >= 15 is 0 Å². The third kappa shape index (κ3) is 1.00. The zero-order valence-corrected chi connectivity index (χ0v) is 9.10. The fourth-order valence-electron chi connectivity index (χ4n) is 3.43. The van der Waals surface area contributed by atoms with Crippen LogP contribution in [-0.2, 0) is 11.2 Å². The molecule has 16 heavy (non-hydrogen) atoms. The van der Waals surface area contributed by atoms with E-state index in [0.717, 1.165) is 19.4 Å². The zero-order valence-electron chi connectivity index (χ0n) is 9.10. The summed E-state index contributed by atoms with van der Waals surface area (Å²) < 4.78 is 5.74. The molecule has 3 nitrogen and oxygen atoms in total. The number of anilines is 1. The van der Waals surface area contributed by atoms with Crippen molar-refractivity contribution in [3.8, 4) is 0 Å². The Balaban J connectivity index is 1.92. The minimum absolute atomic E-state index is 0.206. The SMILES string of the molecule is O[C@@H]1CO[C@@H]2C[C@H]1N1CCc3cccc2c31. The Labute approximate surface area is 94.6 Å². The molecule has 2 bridgehead atoms. The van der Waals surface area contributed by atoms with Crippen LogP contribution < -0.4 is 4.90 Å². The molecule has 3 aliphatic rings. The van der Waals surface area contributed by atoms with E-state index in [9.17, 15) is 5.11 Å². The van der Waals surface area contributed by atoms with Crippen molar-refractivity contribution in [1.82, 2.24) is 0 Å². The Morgan fingerprint density at radius 1 is 1.38 bits per heavy atom. The highest BCUT2D eigenvalue weighted by molar-refractivity contribution is 5.66. The molecule has 0 aromatic heterocycles. The first-order valence-corrected chi connectivity index (χ1v) is 6.02. The molecular formula is C13H15NO2. The minimum Gasteiger partial charge on any atom is -0.389 e. The van der Waals surface area contributed by atoms with E-state index in [2.05, 4.69) is 23.1 Å². The first kappa shape index (κ1) is 9.02. The molecule has 3 atom stereocenters. The smallest absolute Gasteiger partial charge is 0.0977 e. The quantitative estimate of drug-likeness (QED) is 0.710. The van der Waals surface area contributed by atoms with E-state index in [1.54, 1.807) is 0 Å². The number of nitrogens with zero attached hydrogens (tertiary/aromatic N) is 1. The summed E-state index contributed by atoms with van der Waals surface area (Å²) in [5.41, 5.74) is 4.10. The van der Waals surface area contributed by atoms with Crippen LogP contribution in [0.1, 0.15) is 23.7 Å². The molecule has 1 N–H and O–H groups in total. The van der Waals surface area contributed by atoms with Gasteiger partial charge in [-0.2, -0.15) is 0 Å². The average Bonchev–Trinajstić information content (AvgIpc) is 2.74. The van der Waals surface area contributed by atoms with Crippen LogP contribution in [0.3, 0.4) is 0 Å². The standard InChI is InChI=1S/C13H15NO2/c15-11-7-16-12-6-10(11)14-5-4-8-2-1-3-9(12)13(8)14/h1-3,10-12,15H,4-7H2/t10-,11-,12-/m1/s1. The van der Waals surface area contributed by atoms with E-state index in [-0.39, 0.29) is 18.2 Å². The van der Waals surface area contributed by atoms with Crippen molar-refractivity contribution in [2.45, 2.75) is 31.1 Å². The lowest BCUT2D eigenvalue weighted by Crippen LogP contribution is -2.52. The Hall–Kier alpha value is -1.06. The van der Waals surface area contributed by atoms with Crippen LogP contribution in [0, 0.1) is 0 Å². The zero-order chi connectivity index (χ0) is 10.7. The molecule has 1 aromatic carbocycles. The van der Waals surface area contributed by atoms with Gasteiger partial charge in [-0.25, -0.2) is 0 Å². The molecule has 0 unspecified atom stereocenters. The fraction of sp³-hybridized carbons (Fsp3) is 0.538. The van der Waals surface area contributed by atoms with Crippen LogP contribution in [0.25, 0.3) is 0 Å². The van der Waals surface area contributed by atoms with Gasteiger partial charge in [0.2, 0.25) is 0 Å². The normalized spacial score (nSPS) is 35.1. The Morgan fingerprint density at radius 3 is 3.25 bits per heavy atom. The number of rotatable bonds is 0. The summed E-state index contributed by atoms with van der Waals surface area (Å²) in [5, 5.41) is 10.0. The van der Waals surface area contributed by atoms with Crippen LogP contribution in [0.15, 0.2) is 18.2 Å². The lowest BCUT2D eigenvalue weighted by Gasteiger charge is -2.45. The van der Waals surface area contributed by atoms with Crippen molar-refractivity contribution in [2.24, 2.45) is 0 Å². The molecule has 1 aromatic rings. The molecule has 3 aliphatic heterocycles. The molecule has 1 fully saturated rings. The highest BCUT2D eigenvalue weighted by atomic mass is 16.5. The molecule has 1 saturated heterocycles. The molecule has 3 heterocycles. The van der Waals surface area contributed by atoms with Gasteiger partial charge in [-0.1, -0.05) is 18.2 Å². The van der Waals surface area contributed by atoms with Gasteiger partial charge in [0.05, 0.1) is 24.9 Å². The first-order valence-electron chi connectivity index (χ1n) is 6.02. The van der Waals surface area contributed by atoms with Crippen LogP contribution in [0.4, 0.5) is 5.69 Å². The summed E-state index contributed by atoms with van der Waals surface area (Å²) in [6.45, 7) is 1.54. The second-order valence-electron chi connectivity index (χ2n) is 4.99. The van der Waals surface area contributed by atoms with Crippen LogP contribution in [0.5, 0.6) is 0 Å². The van der Waals surface area contributed by atoms with Crippen molar-refractivity contribution in [3.05, 3.63) is 29.3 Å². The largest absolute Gasteiger partial charge is 0.389 e. The molecule has 0 radical (unpaired) electrons. The maximum atomic E-state index is 10.0. The highest BCUT2D eigenvalue weighted by Crippen LogP contribution is 2.47. The number of ether oxygens (including phenoxy) is 1. The number of para-hydroxylation sites is 1. The number of aliphatic hydroxyl groups is 1. The third-order valence-corrected chi connectivity index (χ3v) is 4.18. The minimum atomic E-state index is -0.324. The second-order valence-corrected chi connectivity index (χ2v) is 4.99. The summed E-state index contributed by atoms with van der Waals surface area (Å²) in [4.78, 5) is 2.40. The predicted molar refractivity (Wildman–Crippen MR) is 60.6 cm³/mol. The van der Waals surface area contributed by atoms with E-state index in [4.69, 9.17) is 4.74 Å². The van der Waals surface area contributed by atoms with Crippen molar-refractivity contribution >= 4 is 5.69 Å². The van der Waals surface area contributed by atoms with E-state index in [1.165, 1.54) is 16.8 Å². The van der Waals surface area contributed by atoms with E-state index < -0.39 is 0 Å². The lowest BCUT2D eigenvalue weighted by molar-refractivity contribution is -0.0735. The Bertz CT molecular complexity index is 446. The first-order chi connectivity index (χ1) is 7.84. The maximum absolute atomic E-state index is 10.0. The number of hydrogen-bond donors (Lipinski definition) is 1. The Kier molecular flexibility index (Phi) is 1.69. The number of benzene rings is 1. The van der Waals surface area contributed by atoms with Crippen molar-refractivity contribution < 1.29 is 9.84 Å². The molecule has 84 valence electrons. The van der Waals surface area contributed by atoms with Crippen molar-refractivity contribution in [3.63, 3.8) is 0 Å². The molecule has 0 saturated carbocycles. The number of aliphatic hydroxyl groups excluding tert-OH is 1. The molecule has 0 amide bonds. The van der Waals surface area contributed by atoms with Crippen LogP contribution >= 0.6 is 0 Å². The molecule has 0 spiro atoms. The van der Waals surface area contributed by atoms with Gasteiger partial charge in [0.25, 0.3) is 0 Å². The van der Waals surface area contributed by atoms with Gasteiger partial charge in [0.1, 0.15) is 0 Å². The highest BCUT2D eigenvalue weighted by Gasteiger charge is 2.43. The predicted octanol–water partition coefficient (Wildman–Crippen LogP) is 1.25. The lowest BCUT2D eigenvalue weighted by atomic mass is 9.88. The fourth-order valence-corrected chi connectivity index (χ4v) is 3.43. The van der Waals surface area contributed by atoms with Gasteiger partial charge in [0.15, 0.2) is 0 Å². The van der Waals surface area contributed by atoms with Gasteiger partial charge < -0.3 is 14.7 Å². The summed E-state index contributed by atoms with van der Waals surface area (Å²) >= 11 is 0. The van der Waals surface area contributed by atoms with Crippen LogP contribution in [0.2, 0.25) is 0 Å². The molecule has 4 rings (SSSR count). The van der Waals surface area contributed by atoms with E-state index in [0.29, 0.717) is 6.61 Å². The average molecular weight is 217 g/mol. The summed E-state index contributed by atoms with van der Waals surface area (Å²) in [5.74, 6) is 0. The van der Waals surface area contributed by atoms with Crippen molar-refractivity contribution in [2.75, 3.05) is 18.1 Å². The molecular weight excluding hydrogens is 202 g/mol. The Morgan fingerprint density at radius 2 is 2.31 bits per heavy atom. The maximum Gasteiger partial charge on any atom is 0.0977 e. The summed E-state index contributed by atoms with van der Waals surface area (Å²) in [6, 6.07) is 6.78. The summed E-state index contributed by atoms with van der Waals surface area (Å²) in [6.07, 6.45) is 1.93. The number of fused-ring (bicyclic) bond motifs is 4.